The molecule has 0 radical (unpaired) electrons. The third kappa shape index (κ3) is 5.26. The van der Waals surface area contributed by atoms with Crippen molar-refractivity contribution < 1.29 is 36.2 Å². The fraction of sp³-hybridized carbons (Fsp3) is 0.375. The molecule has 3 atom stereocenters. The average molecular weight is 528 g/mol. The van der Waals surface area contributed by atoms with Crippen molar-refractivity contribution in [3.05, 3.63) is 63.9 Å². The van der Waals surface area contributed by atoms with Gasteiger partial charge in [0.1, 0.15) is 41.3 Å². The third-order valence-corrected chi connectivity index (χ3v) is 6.18. The number of halogens is 6. The van der Waals surface area contributed by atoms with Gasteiger partial charge in [0, 0.05) is 25.4 Å². The highest BCUT2D eigenvalue weighted by Crippen LogP contribution is 2.26. The second-order valence-electron chi connectivity index (χ2n) is 8.67. The number of carbonyl (C=O) groups excluding carboxylic acids is 1. The maximum atomic E-state index is 14.8. The molecule has 37 heavy (non-hydrogen) atoms. The molecule has 3 heterocycles. The van der Waals surface area contributed by atoms with Crippen molar-refractivity contribution in [2.24, 2.45) is 0 Å². The first-order chi connectivity index (χ1) is 17.4. The van der Waals surface area contributed by atoms with E-state index in [2.05, 4.69) is 4.98 Å². The van der Waals surface area contributed by atoms with Crippen LogP contribution in [0.1, 0.15) is 30.1 Å². The van der Waals surface area contributed by atoms with Gasteiger partial charge in [0.15, 0.2) is 5.65 Å². The molecule has 0 aliphatic carbocycles. The number of carbonyl (C=O) groups is 1. The van der Waals surface area contributed by atoms with Gasteiger partial charge in [-0.3, -0.25) is 14.2 Å². The Morgan fingerprint density at radius 3 is 2.59 bits per heavy atom. The smallest absolute Gasteiger partial charge is 0.388 e. The fourth-order valence-electron chi connectivity index (χ4n) is 4.15. The summed E-state index contributed by atoms with van der Waals surface area (Å²) < 4.78 is 82.7. The summed E-state index contributed by atoms with van der Waals surface area (Å²) in [5.41, 5.74) is -2.16. The number of aliphatic hydroxyl groups is 1. The molecule has 3 aromatic rings. The number of β-amino-alcohol motifs (C(OH)–C–C–N with tert-alkyl or cyclic N) is 1. The van der Waals surface area contributed by atoms with Gasteiger partial charge < -0.3 is 15.3 Å². The van der Waals surface area contributed by atoms with Gasteiger partial charge in [0.2, 0.25) is 5.43 Å². The average Bonchev–Trinajstić information content (AvgIpc) is 2.84. The zero-order chi connectivity index (χ0) is 27.1. The Morgan fingerprint density at radius 2 is 1.97 bits per heavy atom. The number of fused-ring (bicyclic) bond motifs is 1. The minimum absolute atomic E-state index is 0.0111. The van der Waals surface area contributed by atoms with Gasteiger partial charge in [-0.25, -0.2) is 18.2 Å². The zero-order valence-corrected chi connectivity index (χ0v) is 19.4. The van der Waals surface area contributed by atoms with Crippen molar-refractivity contribution >= 4 is 22.8 Å². The van der Waals surface area contributed by atoms with Crippen molar-refractivity contribution in [2.75, 3.05) is 18.0 Å². The van der Waals surface area contributed by atoms with Gasteiger partial charge in [-0.1, -0.05) is 6.92 Å². The maximum Gasteiger partial charge on any atom is 0.408 e. The van der Waals surface area contributed by atoms with Crippen LogP contribution in [0.5, 0.6) is 0 Å². The zero-order valence-electron chi connectivity index (χ0n) is 19.4. The highest BCUT2D eigenvalue weighted by molar-refractivity contribution is 5.97. The van der Waals surface area contributed by atoms with Gasteiger partial charge in [0.05, 0.1) is 11.1 Å². The fourth-order valence-corrected chi connectivity index (χ4v) is 4.15. The van der Waals surface area contributed by atoms with Crippen LogP contribution in [-0.2, 0) is 0 Å². The number of aliphatic hydroxyl groups excluding tert-OH is 1. The molecule has 13 heteroatoms. The van der Waals surface area contributed by atoms with Crippen molar-refractivity contribution in [3.8, 4) is 5.69 Å². The summed E-state index contributed by atoms with van der Waals surface area (Å²) in [7, 11) is 0. The van der Waals surface area contributed by atoms with Gasteiger partial charge in [-0.15, -0.1) is 0 Å². The Labute approximate surface area is 206 Å². The second kappa shape index (κ2) is 10.0. The molecule has 7 nitrogen and oxygen atoms in total. The number of benzene rings is 1. The van der Waals surface area contributed by atoms with E-state index >= 15 is 0 Å². The number of hydrogen-bond donors (Lipinski definition) is 2. The summed E-state index contributed by atoms with van der Waals surface area (Å²) >= 11 is 0. The largest absolute Gasteiger partial charge is 0.408 e. The predicted molar refractivity (Wildman–Crippen MR) is 123 cm³/mol. The van der Waals surface area contributed by atoms with Gasteiger partial charge in [-0.05, 0) is 37.1 Å². The molecule has 0 saturated carbocycles. The Bertz CT molecular complexity index is 1390. The van der Waals surface area contributed by atoms with Crippen LogP contribution in [0.4, 0.5) is 32.2 Å². The summed E-state index contributed by atoms with van der Waals surface area (Å²) in [6.07, 6.45) is -7.11. The molecule has 2 N–H and O–H groups in total. The van der Waals surface area contributed by atoms with Crippen LogP contribution < -0.4 is 15.6 Å². The van der Waals surface area contributed by atoms with Crippen LogP contribution in [0.3, 0.4) is 0 Å². The number of amides is 1. The highest BCUT2D eigenvalue weighted by atomic mass is 19.4. The first-order valence-electron chi connectivity index (χ1n) is 11.4. The van der Waals surface area contributed by atoms with Crippen molar-refractivity contribution in [1.29, 1.82) is 0 Å². The molecular weight excluding hydrogens is 506 g/mol. The lowest BCUT2D eigenvalue weighted by atomic mass is 10.1. The van der Waals surface area contributed by atoms with E-state index in [4.69, 9.17) is 0 Å². The molecule has 1 aliphatic heterocycles. The van der Waals surface area contributed by atoms with E-state index in [0.717, 1.165) is 22.9 Å². The number of piperidine rings is 1. The van der Waals surface area contributed by atoms with E-state index in [0.29, 0.717) is 6.07 Å². The maximum absolute atomic E-state index is 14.8. The Balaban J connectivity index is 1.88. The van der Waals surface area contributed by atoms with Gasteiger partial charge in [0.25, 0.3) is 5.91 Å². The second-order valence-corrected chi connectivity index (χ2v) is 8.67. The molecule has 198 valence electrons. The predicted octanol–water partition coefficient (Wildman–Crippen LogP) is 3.64. The summed E-state index contributed by atoms with van der Waals surface area (Å²) in [5.74, 6) is -3.12. The van der Waals surface area contributed by atoms with Crippen molar-refractivity contribution in [3.63, 3.8) is 0 Å². The van der Waals surface area contributed by atoms with E-state index in [-0.39, 0.29) is 42.0 Å². The number of hydrogen-bond acceptors (Lipinski definition) is 5. The molecule has 1 fully saturated rings. The number of aromatic nitrogens is 2. The van der Waals surface area contributed by atoms with Crippen molar-refractivity contribution in [2.45, 2.75) is 44.3 Å². The first kappa shape index (κ1) is 26.5. The first-order valence-corrected chi connectivity index (χ1v) is 11.4. The van der Waals surface area contributed by atoms with Crippen LogP contribution in [0.15, 0.2) is 41.3 Å². The molecule has 0 spiro atoms. The van der Waals surface area contributed by atoms with Crippen LogP contribution >= 0.6 is 0 Å². The topological polar surface area (TPSA) is 87.5 Å². The molecular formula is C24H22F6N4O3. The van der Waals surface area contributed by atoms with E-state index in [9.17, 15) is 41.0 Å². The summed E-state index contributed by atoms with van der Waals surface area (Å²) in [6, 6.07) is 2.90. The van der Waals surface area contributed by atoms with E-state index < -0.39 is 59.4 Å². The number of pyridine rings is 2. The Morgan fingerprint density at radius 1 is 1.24 bits per heavy atom. The van der Waals surface area contributed by atoms with Crippen LogP contribution in [0.2, 0.25) is 0 Å². The monoisotopic (exact) mass is 528 g/mol. The normalized spacial score (nSPS) is 19.2. The number of nitrogens with one attached hydrogen (secondary N) is 1. The standard InChI is InChI=1S/C24H22F6N4O3/c1-2-19(24(28,29)30)31-23(37)14-10-34(17-5-3-12(25)9-16(17)27)22-13(21(14)36)4-6-20(32-22)33-8-7-15(26)18(35)11-33/h3-6,9-10,15,18-19,35H,2,7-8,11H2,1H3,(H,31,37)/t15-,18-,19-/m1/s1. The van der Waals surface area contributed by atoms with E-state index in [1.54, 1.807) is 10.2 Å². The van der Waals surface area contributed by atoms with Crippen LogP contribution in [-0.4, -0.2) is 58.1 Å². The quantitative estimate of drug-likeness (QED) is 0.494. The SMILES string of the molecule is CC[C@@H](NC(=O)c1cn(-c2ccc(F)cc2F)c2nc(N3CC[C@@H](F)[C@H](O)C3)ccc2c1=O)C(F)(F)F. The summed E-state index contributed by atoms with van der Waals surface area (Å²) in [5, 5.41) is 11.5. The minimum Gasteiger partial charge on any atom is -0.388 e. The van der Waals surface area contributed by atoms with E-state index in [1.165, 1.54) is 19.1 Å². The third-order valence-electron chi connectivity index (χ3n) is 6.18. The lowest BCUT2D eigenvalue weighted by Crippen LogP contribution is -2.46. The molecule has 1 aromatic carbocycles. The molecule has 1 amide bonds. The summed E-state index contributed by atoms with van der Waals surface area (Å²) in [4.78, 5) is 31.8. The van der Waals surface area contributed by atoms with E-state index in [1.807, 2.05) is 0 Å². The van der Waals surface area contributed by atoms with Crippen molar-refractivity contribution in [1.82, 2.24) is 14.9 Å². The summed E-state index contributed by atoms with van der Waals surface area (Å²) in [6.45, 7) is 1.28. The lowest BCUT2D eigenvalue weighted by Gasteiger charge is -2.33. The van der Waals surface area contributed by atoms with Gasteiger partial charge in [-0.2, -0.15) is 13.2 Å². The lowest BCUT2D eigenvalue weighted by molar-refractivity contribution is -0.153. The highest BCUT2D eigenvalue weighted by Gasteiger charge is 2.40. The molecule has 1 saturated heterocycles. The Hall–Kier alpha value is -3.61. The molecule has 4 rings (SSSR count). The van der Waals surface area contributed by atoms with Crippen LogP contribution in [0.25, 0.3) is 16.7 Å². The number of anilines is 1. The van der Waals surface area contributed by atoms with Gasteiger partial charge >= 0.3 is 6.18 Å². The number of rotatable bonds is 5. The van der Waals surface area contributed by atoms with Crippen LogP contribution in [0, 0.1) is 11.6 Å². The minimum atomic E-state index is -4.77. The molecule has 1 aliphatic rings. The number of nitrogens with zero attached hydrogens (tertiary/aromatic N) is 3. The Kier molecular flexibility index (Phi) is 7.18. The number of alkyl halides is 4. The molecule has 0 bridgehead atoms. The molecule has 0 unspecified atom stereocenters. The molecule has 2 aromatic heterocycles.